The van der Waals surface area contributed by atoms with Crippen molar-refractivity contribution >= 4 is 28.1 Å². The Balaban J connectivity index is 1.34. The van der Waals surface area contributed by atoms with Crippen molar-refractivity contribution in [1.29, 1.82) is 0 Å². The van der Waals surface area contributed by atoms with E-state index in [2.05, 4.69) is 39.9 Å². The van der Waals surface area contributed by atoms with Crippen LogP contribution in [0.3, 0.4) is 0 Å². The number of non-ortho nitro benzene ring substituents is 1. The van der Waals surface area contributed by atoms with Gasteiger partial charge in [-0.15, -0.1) is 0 Å². The summed E-state index contributed by atoms with van der Waals surface area (Å²) in [6.07, 6.45) is 3.66. The number of aromatic nitrogens is 1. The molecule has 0 spiro atoms. The average Bonchev–Trinajstić information content (AvgIpc) is 3.20. The fourth-order valence-electron chi connectivity index (χ4n) is 4.67. The lowest BCUT2D eigenvalue weighted by atomic mass is 10.0. The maximum absolute atomic E-state index is 10.9. The number of nitro benzene ring substituents is 1. The van der Waals surface area contributed by atoms with Gasteiger partial charge in [-0.2, -0.15) is 0 Å². The molecule has 2 aliphatic rings. The van der Waals surface area contributed by atoms with Crippen molar-refractivity contribution in [2.45, 2.75) is 26.2 Å². The second-order valence-corrected chi connectivity index (χ2v) is 8.11. The Bertz CT molecular complexity index is 1090. The first kappa shape index (κ1) is 17.9. The third-order valence-electron chi connectivity index (χ3n) is 6.32. The number of nitro groups is 1. The van der Waals surface area contributed by atoms with Crippen molar-refractivity contribution in [3.8, 4) is 0 Å². The highest BCUT2D eigenvalue weighted by molar-refractivity contribution is 5.82. The first-order valence-corrected chi connectivity index (χ1v) is 10.3. The number of H-pyrrole nitrogens is 1. The lowest BCUT2D eigenvalue weighted by Crippen LogP contribution is -2.48. The topological polar surface area (TPSA) is 63.8 Å². The van der Waals surface area contributed by atoms with E-state index in [4.69, 9.17) is 0 Å². The molecule has 0 amide bonds. The number of aromatic amines is 1. The molecule has 1 N–H and O–H groups in total. The van der Waals surface area contributed by atoms with E-state index in [1.807, 2.05) is 12.1 Å². The van der Waals surface area contributed by atoms with Crippen molar-refractivity contribution in [2.24, 2.45) is 0 Å². The third-order valence-corrected chi connectivity index (χ3v) is 6.32. The normalized spacial score (nSPS) is 16.3. The molecule has 0 bridgehead atoms. The van der Waals surface area contributed by atoms with Crippen molar-refractivity contribution < 1.29 is 9.91 Å². The molecule has 1 aliphatic carbocycles. The Morgan fingerprint density at radius 1 is 0.931 bits per heavy atom. The van der Waals surface area contributed by atoms with Crippen LogP contribution in [0.5, 0.6) is 0 Å². The molecule has 0 saturated carbocycles. The van der Waals surface area contributed by atoms with Gasteiger partial charge in [-0.1, -0.05) is 0 Å². The molecule has 0 unspecified atom stereocenters. The number of anilines is 2. The number of rotatable bonds is 3. The summed E-state index contributed by atoms with van der Waals surface area (Å²) in [5.41, 5.74) is 6.75. The summed E-state index contributed by atoms with van der Waals surface area (Å²) in [7, 11) is 0. The van der Waals surface area contributed by atoms with Gasteiger partial charge in [0.2, 0.25) is 0 Å². The Morgan fingerprint density at radius 2 is 1.59 bits per heavy atom. The zero-order valence-electron chi connectivity index (χ0n) is 16.6. The smallest absolute Gasteiger partial charge is 0.275 e. The van der Waals surface area contributed by atoms with Crippen LogP contribution in [0, 0.1) is 17.0 Å². The zero-order valence-corrected chi connectivity index (χ0v) is 16.6. The Labute approximate surface area is 169 Å². The van der Waals surface area contributed by atoms with Crippen LogP contribution in [0.2, 0.25) is 0 Å². The summed E-state index contributed by atoms with van der Waals surface area (Å²) >= 11 is 0. The zero-order chi connectivity index (χ0) is 20.0. The molecule has 1 saturated heterocycles. The van der Waals surface area contributed by atoms with Crippen molar-refractivity contribution in [3.63, 3.8) is 0 Å². The molecule has 29 heavy (non-hydrogen) atoms. The molecule has 3 aromatic rings. The molecule has 1 aliphatic heterocycles. The quantitative estimate of drug-likeness (QED) is 0.506. The van der Waals surface area contributed by atoms with Crippen LogP contribution < -0.4 is 14.8 Å². The van der Waals surface area contributed by atoms with Gasteiger partial charge in [0.1, 0.15) is 18.6 Å². The maximum Gasteiger partial charge on any atom is 0.275 e. The number of hydrogen-bond donors (Lipinski definition) is 0. The molecule has 1 aromatic heterocycles. The first-order chi connectivity index (χ1) is 14.1. The van der Waals surface area contributed by atoms with E-state index in [0.717, 1.165) is 31.9 Å². The molecule has 6 heteroatoms. The fourth-order valence-corrected chi connectivity index (χ4v) is 4.67. The average molecular weight is 389 g/mol. The van der Waals surface area contributed by atoms with Gasteiger partial charge in [0.25, 0.3) is 11.5 Å². The summed E-state index contributed by atoms with van der Waals surface area (Å²) in [5.74, 6) is 1.18. The fraction of sp³-hybridized carbons (Fsp3) is 0.348. The van der Waals surface area contributed by atoms with Gasteiger partial charge < -0.3 is 4.90 Å². The van der Waals surface area contributed by atoms with Crippen molar-refractivity contribution in [1.82, 2.24) is 0 Å². The number of nitrogens with one attached hydrogen (secondary N) is 1. The van der Waals surface area contributed by atoms with Crippen molar-refractivity contribution in [2.75, 3.05) is 36.0 Å². The molecule has 0 radical (unpaired) electrons. The predicted octanol–water partition coefficient (Wildman–Crippen LogP) is 3.69. The maximum atomic E-state index is 10.9. The molecule has 5 rings (SSSR count). The van der Waals surface area contributed by atoms with E-state index in [1.54, 1.807) is 12.1 Å². The second-order valence-electron chi connectivity index (χ2n) is 8.11. The van der Waals surface area contributed by atoms with Gasteiger partial charge in [-0.05, 0) is 67.1 Å². The van der Waals surface area contributed by atoms with E-state index in [9.17, 15) is 10.1 Å². The van der Waals surface area contributed by atoms with Crippen LogP contribution in [0.15, 0.2) is 42.5 Å². The van der Waals surface area contributed by atoms with Gasteiger partial charge in [-0.3, -0.25) is 15.0 Å². The van der Waals surface area contributed by atoms with Crippen LogP contribution in [-0.4, -0.2) is 31.1 Å². The van der Waals surface area contributed by atoms with Gasteiger partial charge >= 0.3 is 0 Å². The van der Waals surface area contributed by atoms with E-state index in [0.29, 0.717) is 0 Å². The number of nitrogens with zero attached hydrogens (tertiary/aromatic N) is 3. The molecule has 6 nitrogen and oxygen atoms in total. The molecule has 2 aromatic carbocycles. The number of fused-ring (bicyclic) bond motifs is 2. The lowest BCUT2D eigenvalue weighted by molar-refractivity contribution is -0.384. The van der Waals surface area contributed by atoms with Crippen LogP contribution in [0.1, 0.15) is 23.1 Å². The Morgan fingerprint density at radius 3 is 2.28 bits per heavy atom. The van der Waals surface area contributed by atoms with E-state index in [-0.39, 0.29) is 10.6 Å². The number of hydrogen-bond acceptors (Lipinski definition) is 4. The van der Waals surface area contributed by atoms with E-state index in [1.165, 1.54) is 52.7 Å². The van der Waals surface area contributed by atoms with Crippen LogP contribution >= 0.6 is 0 Å². The minimum atomic E-state index is -0.352. The molecular weight excluding hydrogens is 364 g/mol. The molecule has 2 heterocycles. The second kappa shape index (κ2) is 7.03. The summed E-state index contributed by atoms with van der Waals surface area (Å²) in [6.45, 7) is 5.83. The molecular formula is C23H25N4O2+. The van der Waals surface area contributed by atoms with Crippen molar-refractivity contribution in [3.05, 3.63) is 69.3 Å². The first-order valence-electron chi connectivity index (χ1n) is 10.3. The SMILES string of the molecule is Cc1cc(N2CCN(c3ccc([N+](=O)[O-])cc3)CC2)[nH+]c2cc3c(cc12)CCC3. The molecule has 1 fully saturated rings. The lowest BCUT2D eigenvalue weighted by Gasteiger charge is -2.32. The highest BCUT2D eigenvalue weighted by Gasteiger charge is 2.25. The van der Waals surface area contributed by atoms with Gasteiger partial charge in [0, 0.05) is 29.3 Å². The molecule has 148 valence electrons. The van der Waals surface area contributed by atoms with Gasteiger partial charge in [0.05, 0.1) is 18.0 Å². The monoisotopic (exact) mass is 389 g/mol. The number of aryl methyl sites for hydroxylation is 3. The van der Waals surface area contributed by atoms with Crippen LogP contribution in [0.4, 0.5) is 17.2 Å². The van der Waals surface area contributed by atoms with E-state index >= 15 is 0 Å². The molecule has 0 atom stereocenters. The van der Waals surface area contributed by atoms with Crippen LogP contribution in [-0.2, 0) is 12.8 Å². The van der Waals surface area contributed by atoms with E-state index < -0.39 is 0 Å². The summed E-state index contributed by atoms with van der Waals surface area (Å²) in [4.78, 5) is 18.9. The predicted molar refractivity (Wildman–Crippen MR) is 115 cm³/mol. The van der Waals surface area contributed by atoms with Crippen LogP contribution in [0.25, 0.3) is 10.9 Å². The Kier molecular flexibility index (Phi) is 4.34. The number of piperazine rings is 1. The minimum absolute atomic E-state index is 0.139. The highest BCUT2D eigenvalue weighted by atomic mass is 16.6. The minimum Gasteiger partial charge on any atom is -0.364 e. The number of benzene rings is 2. The standard InChI is InChI=1S/C23H24N4O2/c1-16-13-23(24-22-15-18-4-2-3-17(18)14-21(16)22)26-11-9-25(10-12-26)19-5-7-20(8-6-19)27(28)29/h5-8,13-15H,2-4,9-12H2,1H3/p+1. The summed E-state index contributed by atoms with van der Waals surface area (Å²) in [5, 5.41) is 12.2. The van der Waals surface area contributed by atoms with Gasteiger partial charge in [0.15, 0.2) is 0 Å². The number of pyridine rings is 1. The summed E-state index contributed by atoms with van der Waals surface area (Å²) in [6, 6.07) is 13.9. The Hall–Kier alpha value is -3.15. The summed E-state index contributed by atoms with van der Waals surface area (Å²) < 4.78 is 0. The highest BCUT2D eigenvalue weighted by Crippen LogP contribution is 2.29. The third kappa shape index (κ3) is 3.28. The largest absolute Gasteiger partial charge is 0.364 e. The van der Waals surface area contributed by atoms with Gasteiger partial charge in [-0.25, -0.2) is 4.98 Å².